The number of aliphatic hydroxyl groups is 1. The Balaban J connectivity index is 1.96. The summed E-state index contributed by atoms with van der Waals surface area (Å²) in [6.45, 7) is 0.0897. The fourth-order valence-corrected chi connectivity index (χ4v) is 4.49. The highest BCUT2D eigenvalue weighted by atomic mass is 32.2. The van der Waals surface area contributed by atoms with E-state index in [0.717, 1.165) is 24.1 Å². The van der Waals surface area contributed by atoms with Crippen molar-refractivity contribution >= 4 is 33.9 Å². The van der Waals surface area contributed by atoms with Gasteiger partial charge in [-0.2, -0.15) is 4.31 Å². The van der Waals surface area contributed by atoms with Gasteiger partial charge < -0.3 is 19.4 Å². The molecule has 1 aliphatic carbocycles. The molecule has 2 aromatic carbocycles. The molecule has 1 amide bonds. The van der Waals surface area contributed by atoms with E-state index >= 15 is 0 Å². The molecular weight excluding hydrogens is 407 g/mol. The summed E-state index contributed by atoms with van der Waals surface area (Å²) < 4.78 is 33.5. The van der Waals surface area contributed by atoms with Crippen LogP contribution in [0.25, 0.3) is 22.3 Å². The van der Waals surface area contributed by atoms with E-state index in [0.29, 0.717) is 33.8 Å². The van der Waals surface area contributed by atoms with Crippen molar-refractivity contribution in [2.75, 3.05) is 30.8 Å². The van der Waals surface area contributed by atoms with Crippen LogP contribution >= 0.6 is 0 Å². The molecule has 1 unspecified atom stereocenters. The zero-order valence-electron chi connectivity index (χ0n) is 16.8. The van der Waals surface area contributed by atoms with E-state index < -0.39 is 11.4 Å². The Morgan fingerprint density at radius 3 is 2.60 bits per heavy atom. The Morgan fingerprint density at radius 1 is 1.33 bits per heavy atom. The second kappa shape index (κ2) is 8.29. The number of nitrogens with zero attached hydrogens (tertiary/aromatic N) is 1. The Bertz CT molecular complexity index is 1080. The fourth-order valence-electron chi connectivity index (χ4n) is 3.72. The zero-order chi connectivity index (χ0) is 21.4. The van der Waals surface area contributed by atoms with Crippen LogP contribution in [0.3, 0.4) is 0 Å². The number of rotatable bonds is 7. The van der Waals surface area contributed by atoms with E-state index in [4.69, 9.17) is 4.42 Å². The monoisotopic (exact) mass is 430 g/mol. The summed E-state index contributed by atoms with van der Waals surface area (Å²) in [5.74, 6) is -0.000914. The summed E-state index contributed by atoms with van der Waals surface area (Å²) in [6, 6.07) is 9.50. The molecule has 6 nitrogen and oxygen atoms in total. The van der Waals surface area contributed by atoms with Crippen LogP contribution in [0.15, 0.2) is 40.8 Å². The van der Waals surface area contributed by atoms with Crippen molar-refractivity contribution in [1.82, 2.24) is 5.32 Å². The lowest BCUT2D eigenvalue weighted by atomic mass is 10.0. The summed E-state index contributed by atoms with van der Waals surface area (Å²) >= 11 is -1.33. The summed E-state index contributed by atoms with van der Waals surface area (Å²) in [5, 5.41) is 12.8. The zero-order valence-corrected chi connectivity index (χ0v) is 17.6. The van der Waals surface area contributed by atoms with E-state index in [1.165, 1.54) is 12.1 Å². The number of hydrogen-bond acceptors (Lipinski definition) is 5. The largest absolute Gasteiger partial charge is 0.593 e. The van der Waals surface area contributed by atoms with Crippen LogP contribution in [0.1, 0.15) is 34.7 Å². The third-order valence-corrected chi connectivity index (χ3v) is 6.30. The Morgan fingerprint density at radius 2 is 2.03 bits per heavy atom. The maximum absolute atomic E-state index is 13.4. The standard InChI is InChI=1S/C22H23FN2O4S/c1-24-22(27)20-17-11-16(13-3-4-13)18(25(9-10-26)30(2)28)12-19(17)29-21(20)14-5-7-15(23)8-6-14/h5-8,11-13,26H,3-4,9-10H2,1-2H3,(H,24,27). The van der Waals surface area contributed by atoms with Gasteiger partial charge in [0.2, 0.25) is 0 Å². The number of carbonyl (C=O) groups is 1. The van der Waals surface area contributed by atoms with Crippen molar-refractivity contribution in [1.29, 1.82) is 0 Å². The number of anilines is 1. The number of nitrogens with one attached hydrogen (secondary N) is 1. The van der Waals surface area contributed by atoms with E-state index in [2.05, 4.69) is 5.32 Å². The first-order chi connectivity index (χ1) is 14.4. The number of hydrogen-bond donors (Lipinski definition) is 2. The smallest absolute Gasteiger partial charge is 0.255 e. The highest BCUT2D eigenvalue weighted by Crippen LogP contribution is 2.47. The molecule has 8 heteroatoms. The molecule has 0 radical (unpaired) electrons. The molecule has 30 heavy (non-hydrogen) atoms. The van der Waals surface area contributed by atoms with Crippen LogP contribution in [0, 0.1) is 5.82 Å². The lowest BCUT2D eigenvalue weighted by molar-refractivity contribution is 0.0964. The Kier molecular flexibility index (Phi) is 5.73. The molecule has 0 spiro atoms. The summed E-state index contributed by atoms with van der Waals surface area (Å²) in [7, 11) is 1.55. The van der Waals surface area contributed by atoms with Crippen LogP contribution < -0.4 is 9.62 Å². The SMILES string of the molecule is CNC(=O)c1c(-c2ccc(F)cc2)oc2cc(N(CCO)[S+](C)[O-])c(C3CC3)cc12. The van der Waals surface area contributed by atoms with Gasteiger partial charge in [-0.15, -0.1) is 0 Å². The van der Waals surface area contributed by atoms with Gasteiger partial charge in [-0.05, 0) is 54.7 Å². The van der Waals surface area contributed by atoms with Crippen molar-refractivity contribution in [3.63, 3.8) is 0 Å². The highest BCUT2D eigenvalue weighted by molar-refractivity contribution is 7.92. The summed E-state index contributed by atoms with van der Waals surface area (Å²) in [6.07, 6.45) is 3.60. The lowest BCUT2D eigenvalue weighted by Gasteiger charge is -2.25. The second-order valence-electron chi connectivity index (χ2n) is 7.32. The first-order valence-electron chi connectivity index (χ1n) is 9.75. The average Bonchev–Trinajstić information content (AvgIpc) is 3.51. The van der Waals surface area contributed by atoms with Crippen LogP contribution in [0.4, 0.5) is 10.1 Å². The molecule has 4 rings (SSSR count). The molecule has 1 saturated carbocycles. The molecule has 2 N–H and O–H groups in total. The van der Waals surface area contributed by atoms with Gasteiger partial charge >= 0.3 is 0 Å². The molecular formula is C22H23FN2O4S. The normalized spacial score (nSPS) is 14.7. The topological polar surface area (TPSA) is 88.8 Å². The van der Waals surface area contributed by atoms with Crippen molar-refractivity contribution in [3.8, 4) is 11.3 Å². The Hall–Kier alpha value is -2.55. The van der Waals surface area contributed by atoms with Gasteiger partial charge in [0, 0.05) is 24.1 Å². The lowest BCUT2D eigenvalue weighted by Crippen LogP contribution is -2.33. The first-order valence-corrected chi connectivity index (χ1v) is 11.3. The van der Waals surface area contributed by atoms with Gasteiger partial charge in [0.1, 0.15) is 23.4 Å². The quantitative estimate of drug-likeness (QED) is 0.560. The third-order valence-electron chi connectivity index (χ3n) is 5.30. The fraction of sp³-hybridized carbons (Fsp3) is 0.318. The third kappa shape index (κ3) is 3.78. The minimum atomic E-state index is -1.33. The van der Waals surface area contributed by atoms with Crippen molar-refractivity contribution in [2.24, 2.45) is 0 Å². The first kappa shape index (κ1) is 20.7. The van der Waals surface area contributed by atoms with Crippen LogP contribution in [0.5, 0.6) is 0 Å². The van der Waals surface area contributed by atoms with Gasteiger partial charge in [-0.3, -0.25) is 4.79 Å². The summed E-state index contributed by atoms with van der Waals surface area (Å²) in [4.78, 5) is 12.7. The minimum absolute atomic E-state index is 0.135. The van der Waals surface area contributed by atoms with E-state index in [-0.39, 0.29) is 24.9 Å². The molecule has 1 aliphatic rings. The number of aliphatic hydroxyl groups excluding tert-OH is 1. The maximum Gasteiger partial charge on any atom is 0.255 e. The second-order valence-corrected chi connectivity index (χ2v) is 8.61. The number of amides is 1. The van der Waals surface area contributed by atoms with Gasteiger partial charge in [-0.25, -0.2) is 4.39 Å². The van der Waals surface area contributed by atoms with Gasteiger partial charge in [0.25, 0.3) is 5.91 Å². The van der Waals surface area contributed by atoms with E-state index in [1.807, 2.05) is 6.07 Å². The van der Waals surface area contributed by atoms with Crippen LogP contribution in [0.2, 0.25) is 0 Å². The van der Waals surface area contributed by atoms with Crippen molar-refractivity contribution in [3.05, 3.63) is 53.3 Å². The predicted octanol–water partition coefficient (Wildman–Crippen LogP) is 3.57. The number of carbonyl (C=O) groups excluding carboxylic acids is 1. The van der Waals surface area contributed by atoms with E-state index in [1.54, 1.807) is 35.8 Å². The molecule has 1 fully saturated rings. The average molecular weight is 431 g/mol. The number of furan rings is 1. The van der Waals surface area contributed by atoms with Crippen LogP contribution in [-0.4, -0.2) is 42.0 Å². The van der Waals surface area contributed by atoms with Crippen molar-refractivity contribution in [2.45, 2.75) is 18.8 Å². The summed E-state index contributed by atoms with van der Waals surface area (Å²) in [5.41, 5.74) is 3.18. The predicted molar refractivity (Wildman–Crippen MR) is 115 cm³/mol. The maximum atomic E-state index is 13.4. The highest BCUT2D eigenvalue weighted by Gasteiger charge is 2.33. The van der Waals surface area contributed by atoms with Gasteiger partial charge in [0.15, 0.2) is 0 Å². The minimum Gasteiger partial charge on any atom is -0.593 e. The molecule has 1 aromatic heterocycles. The molecule has 0 bridgehead atoms. The Labute approximate surface area is 177 Å². The molecule has 1 heterocycles. The molecule has 158 valence electrons. The van der Waals surface area contributed by atoms with Gasteiger partial charge in [0.05, 0.1) is 35.8 Å². The molecule has 0 saturated heterocycles. The number of benzene rings is 2. The van der Waals surface area contributed by atoms with Gasteiger partial charge in [-0.1, -0.05) is 0 Å². The number of halogens is 1. The van der Waals surface area contributed by atoms with Crippen molar-refractivity contribution < 1.29 is 23.3 Å². The molecule has 3 aromatic rings. The van der Waals surface area contributed by atoms with Crippen LogP contribution in [-0.2, 0) is 11.4 Å². The van der Waals surface area contributed by atoms with E-state index in [9.17, 15) is 18.8 Å². The molecule has 0 aliphatic heterocycles. The number of fused-ring (bicyclic) bond motifs is 1. The molecule has 1 atom stereocenters.